The molecule has 0 saturated carbocycles. The van der Waals surface area contributed by atoms with E-state index in [-0.39, 0.29) is 23.5 Å². The second-order valence-corrected chi connectivity index (χ2v) is 7.93. The SMILES string of the molecule is CC(=O)Nc1ccc(C(=O)N2CCNC(=O)[C@H]2Cc2ccccc2-c2ccc(F)cc2)cc1. The number of rotatable bonds is 5. The largest absolute Gasteiger partial charge is 0.353 e. The smallest absolute Gasteiger partial charge is 0.254 e. The predicted octanol–water partition coefficient (Wildman–Crippen LogP) is 3.63. The summed E-state index contributed by atoms with van der Waals surface area (Å²) in [4.78, 5) is 38.9. The van der Waals surface area contributed by atoms with Crippen molar-refractivity contribution in [2.24, 2.45) is 0 Å². The minimum Gasteiger partial charge on any atom is -0.353 e. The Kier molecular flexibility index (Phi) is 6.49. The summed E-state index contributed by atoms with van der Waals surface area (Å²) in [5.41, 5.74) is 3.67. The molecule has 0 unspecified atom stereocenters. The lowest BCUT2D eigenvalue weighted by Crippen LogP contribution is -2.58. The molecule has 3 aromatic rings. The quantitative estimate of drug-likeness (QED) is 0.630. The maximum Gasteiger partial charge on any atom is 0.254 e. The minimum atomic E-state index is -0.678. The summed E-state index contributed by atoms with van der Waals surface area (Å²) in [5.74, 6) is -0.965. The van der Waals surface area contributed by atoms with Gasteiger partial charge in [-0.1, -0.05) is 36.4 Å². The number of carbonyl (C=O) groups is 3. The lowest BCUT2D eigenvalue weighted by Gasteiger charge is -2.35. The van der Waals surface area contributed by atoms with Crippen LogP contribution in [0.3, 0.4) is 0 Å². The number of piperazine rings is 1. The van der Waals surface area contributed by atoms with Gasteiger partial charge in [0.25, 0.3) is 5.91 Å². The van der Waals surface area contributed by atoms with Crippen LogP contribution in [0.1, 0.15) is 22.8 Å². The second-order valence-electron chi connectivity index (χ2n) is 7.93. The Morgan fingerprint density at radius 3 is 2.42 bits per heavy atom. The predicted molar refractivity (Wildman–Crippen MR) is 124 cm³/mol. The van der Waals surface area contributed by atoms with Crippen LogP contribution in [-0.2, 0) is 16.0 Å². The topological polar surface area (TPSA) is 78.5 Å². The molecule has 7 heteroatoms. The van der Waals surface area contributed by atoms with Crippen LogP contribution in [0, 0.1) is 5.82 Å². The lowest BCUT2D eigenvalue weighted by atomic mass is 9.93. The van der Waals surface area contributed by atoms with Crippen molar-refractivity contribution < 1.29 is 18.8 Å². The van der Waals surface area contributed by atoms with E-state index in [0.29, 0.717) is 30.8 Å². The lowest BCUT2D eigenvalue weighted by molar-refractivity contribution is -0.127. The first-order valence-corrected chi connectivity index (χ1v) is 10.7. The monoisotopic (exact) mass is 445 g/mol. The van der Waals surface area contributed by atoms with Crippen LogP contribution >= 0.6 is 0 Å². The van der Waals surface area contributed by atoms with Crippen molar-refractivity contribution in [3.63, 3.8) is 0 Å². The summed E-state index contributed by atoms with van der Waals surface area (Å²) in [5, 5.41) is 5.53. The number of hydrogen-bond donors (Lipinski definition) is 2. The van der Waals surface area contributed by atoms with Gasteiger partial charge < -0.3 is 15.5 Å². The van der Waals surface area contributed by atoms with E-state index in [2.05, 4.69) is 10.6 Å². The highest BCUT2D eigenvalue weighted by Crippen LogP contribution is 2.27. The number of anilines is 1. The van der Waals surface area contributed by atoms with Crippen LogP contribution < -0.4 is 10.6 Å². The number of nitrogens with one attached hydrogen (secondary N) is 2. The van der Waals surface area contributed by atoms with E-state index in [4.69, 9.17) is 0 Å². The Labute approximate surface area is 191 Å². The van der Waals surface area contributed by atoms with Crippen molar-refractivity contribution in [1.29, 1.82) is 0 Å². The average Bonchev–Trinajstić information content (AvgIpc) is 2.81. The summed E-state index contributed by atoms with van der Waals surface area (Å²) in [6.07, 6.45) is 0.328. The fourth-order valence-corrected chi connectivity index (χ4v) is 4.04. The van der Waals surface area contributed by atoms with E-state index in [0.717, 1.165) is 16.7 Å². The second kappa shape index (κ2) is 9.65. The fraction of sp³-hybridized carbons (Fsp3) is 0.192. The molecule has 1 fully saturated rings. The van der Waals surface area contributed by atoms with Crippen LogP contribution in [0.5, 0.6) is 0 Å². The molecule has 2 N–H and O–H groups in total. The van der Waals surface area contributed by atoms with Gasteiger partial charge in [0.2, 0.25) is 11.8 Å². The number of halogens is 1. The molecule has 33 heavy (non-hydrogen) atoms. The number of carbonyl (C=O) groups excluding carboxylic acids is 3. The summed E-state index contributed by atoms with van der Waals surface area (Å²) in [6, 6.07) is 19.8. The molecule has 168 valence electrons. The Balaban J connectivity index is 1.60. The van der Waals surface area contributed by atoms with E-state index in [1.165, 1.54) is 19.1 Å². The van der Waals surface area contributed by atoms with Crippen molar-refractivity contribution in [3.05, 3.63) is 89.7 Å². The van der Waals surface area contributed by atoms with Gasteiger partial charge >= 0.3 is 0 Å². The maximum atomic E-state index is 13.4. The van der Waals surface area contributed by atoms with Gasteiger partial charge in [-0.3, -0.25) is 14.4 Å². The van der Waals surface area contributed by atoms with Gasteiger partial charge in [-0.15, -0.1) is 0 Å². The first-order valence-electron chi connectivity index (χ1n) is 10.7. The summed E-state index contributed by atoms with van der Waals surface area (Å²) in [6.45, 7) is 2.19. The molecule has 3 aromatic carbocycles. The highest BCUT2D eigenvalue weighted by molar-refractivity contribution is 5.99. The van der Waals surface area contributed by atoms with Crippen LogP contribution in [0.2, 0.25) is 0 Å². The zero-order chi connectivity index (χ0) is 23.4. The molecule has 6 nitrogen and oxygen atoms in total. The fourth-order valence-electron chi connectivity index (χ4n) is 4.04. The molecule has 0 radical (unpaired) electrons. The number of nitrogens with zero attached hydrogens (tertiary/aromatic N) is 1. The van der Waals surface area contributed by atoms with Gasteiger partial charge in [-0.25, -0.2) is 4.39 Å². The molecule has 1 saturated heterocycles. The normalized spacial score (nSPS) is 15.6. The molecule has 1 heterocycles. The molecule has 0 aliphatic carbocycles. The molecule has 4 rings (SSSR count). The van der Waals surface area contributed by atoms with Crippen molar-refractivity contribution in [2.45, 2.75) is 19.4 Å². The third kappa shape index (κ3) is 5.09. The van der Waals surface area contributed by atoms with Crippen LogP contribution in [0.25, 0.3) is 11.1 Å². The first kappa shape index (κ1) is 22.2. The first-order chi connectivity index (χ1) is 15.9. The third-order valence-corrected chi connectivity index (χ3v) is 5.63. The van der Waals surface area contributed by atoms with E-state index in [1.54, 1.807) is 41.3 Å². The molecule has 1 aliphatic heterocycles. The molecule has 1 atom stereocenters. The molecule has 0 aromatic heterocycles. The van der Waals surface area contributed by atoms with Gasteiger partial charge in [-0.2, -0.15) is 0 Å². The zero-order valence-corrected chi connectivity index (χ0v) is 18.2. The van der Waals surface area contributed by atoms with Crippen molar-refractivity contribution >= 4 is 23.4 Å². The van der Waals surface area contributed by atoms with Gasteiger partial charge in [0.05, 0.1) is 0 Å². The Morgan fingerprint density at radius 2 is 1.73 bits per heavy atom. The minimum absolute atomic E-state index is 0.193. The van der Waals surface area contributed by atoms with Crippen molar-refractivity contribution in [1.82, 2.24) is 10.2 Å². The maximum absolute atomic E-state index is 13.4. The van der Waals surface area contributed by atoms with Gasteiger partial charge in [0.1, 0.15) is 11.9 Å². The molecule has 0 bridgehead atoms. The van der Waals surface area contributed by atoms with Crippen molar-refractivity contribution in [3.8, 4) is 11.1 Å². The number of benzene rings is 3. The summed E-state index contributed by atoms with van der Waals surface area (Å²) in [7, 11) is 0. The summed E-state index contributed by atoms with van der Waals surface area (Å²) < 4.78 is 13.4. The van der Waals surface area contributed by atoms with Crippen LogP contribution in [0.4, 0.5) is 10.1 Å². The van der Waals surface area contributed by atoms with Crippen LogP contribution in [-0.4, -0.2) is 41.8 Å². The van der Waals surface area contributed by atoms with E-state index in [9.17, 15) is 18.8 Å². The van der Waals surface area contributed by atoms with E-state index < -0.39 is 6.04 Å². The van der Waals surface area contributed by atoms with E-state index in [1.807, 2.05) is 24.3 Å². The Bertz CT molecular complexity index is 1180. The van der Waals surface area contributed by atoms with Gasteiger partial charge in [0.15, 0.2) is 0 Å². The highest BCUT2D eigenvalue weighted by atomic mass is 19.1. The van der Waals surface area contributed by atoms with Gasteiger partial charge in [-0.05, 0) is 53.1 Å². The third-order valence-electron chi connectivity index (χ3n) is 5.63. The van der Waals surface area contributed by atoms with Crippen LogP contribution in [0.15, 0.2) is 72.8 Å². The molecular formula is C26H24FN3O3. The molecular weight excluding hydrogens is 421 g/mol. The molecule has 3 amide bonds. The standard InChI is InChI=1S/C26H24FN3O3/c1-17(31)29-22-12-8-19(9-13-22)26(33)30-15-14-28-25(32)24(30)16-20-4-2-3-5-23(20)18-6-10-21(27)11-7-18/h2-13,24H,14-16H2,1H3,(H,28,32)(H,29,31)/t24-/m1/s1. The van der Waals surface area contributed by atoms with E-state index >= 15 is 0 Å². The number of amides is 3. The Morgan fingerprint density at radius 1 is 1.03 bits per heavy atom. The molecule has 0 spiro atoms. The van der Waals surface area contributed by atoms with Crippen molar-refractivity contribution in [2.75, 3.05) is 18.4 Å². The summed E-state index contributed by atoms with van der Waals surface area (Å²) >= 11 is 0. The zero-order valence-electron chi connectivity index (χ0n) is 18.2. The number of hydrogen-bond acceptors (Lipinski definition) is 3. The highest BCUT2D eigenvalue weighted by Gasteiger charge is 2.34. The molecule has 1 aliphatic rings. The Hall–Kier alpha value is -4.00. The average molecular weight is 445 g/mol. The van der Waals surface area contributed by atoms with Gasteiger partial charge in [0, 0.05) is 37.7 Å².